The maximum Gasteiger partial charge on any atom is 0.132 e. The fraction of sp³-hybridized carbons (Fsp3) is 0.667. The summed E-state index contributed by atoms with van der Waals surface area (Å²) >= 11 is 0. The third-order valence-electron chi connectivity index (χ3n) is 2.51. The van der Waals surface area contributed by atoms with E-state index in [0.29, 0.717) is 24.5 Å². The van der Waals surface area contributed by atoms with Crippen LogP contribution in [0.15, 0.2) is 12.4 Å². The number of rotatable bonds is 6. The van der Waals surface area contributed by atoms with Crippen LogP contribution in [0.2, 0.25) is 0 Å². The van der Waals surface area contributed by atoms with Crippen LogP contribution in [0.5, 0.6) is 0 Å². The quantitative estimate of drug-likeness (QED) is 0.720. The lowest BCUT2D eigenvalue weighted by Gasteiger charge is -2.09. The van der Waals surface area contributed by atoms with Gasteiger partial charge in [0, 0.05) is 37.7 Å². The van der Waals surface area contributed by atoms with Crippen LogP contribution in [0.3, 0.4) is 0 Å². The number of carbonyl (C=O) groups excluding carboxylic acids is 1. The first-order chi connectivity index (χ1) is 7.15. The highest BCUT2D eigenvalue weighted by molar-refractivity contribution is 5.77. The molecule has 0 saturated heterocycles. The molecule has 0 saturated carbocycles. The summed E-state index contributed by atoms with van der Waals surface area (Å²) in [6, 6.07) is 0. The van der Waals surface area contributed by atoms with Crippen LogP contribution < -0.4 is 0 Å². The summed E-state index contributed by atoms with van der Waals surface area (Å²) in [7, 11) is 0. The topological polar surface area (TPSA) is 34.9 Å². The Morgan fingerprint density at radius 2 is 2.27 bits per heavy atom. The van der Waals surface area contributed by atoms with Crippen LogP contribution in [0.4, 0.5) is 0 Å². The monoisotopic (exact) mass is 208 g/mol. The highest BCUT2D eigenvalue weighted by Gasteiger charge is 2.06. The molecule has 0 aliphatic heterocycles. The molecule has 1 aromatic heterocycles. The van der Waals surface area contributed by atoms with Gasteiger partial charge in [-0.1, -0.05) is 20.8 Å². The van der Waals surface area contributed by atoms with Crippen molar-refractivity contribution in [3.8, 4) is 0 Å². The Hall–Kier alpha value is -1.12. The van der Waals surface area contributed by atoms with E-state index < -0.39 is 0 Å². The molecule has 1 heterocycles. The highest BCUT2D eigenvalue weighted by Crippen LogP contribution is 2.12. The van der Waals surface area contributed by atoms with Gasteiger partial charge in [-0.25, -0.2) is 4.98 Å². The van der Waals surface area contributed by atoms with Crippen molar-refractivity contribution in [1.29, 1.82) is 0 Å². The van der Waals surface area contributed by atoms with Crippen molar-refractivity contribution in [2.75, 3.05) is 0 Å². The Labute approximate surface area is 91.5 Å². The molecule has 0 amide bonds. The van der Waals surface area contributed by atoms with Gasteiger partial charge in [0.25, 0.3) is 0 Å². The van der Waals surface area contributed by atoms with Gasteiger partial charge < -0.3 is 4.57 Å². The van der Waals surface area contributed by atoms with E-state index in [1.165, 1.54) is 0 Å². The molecule has 3 heteroatoms. The first kappa shape index (κ1) is 12.0. The Bertz CT molecular complexity index is 315. The van der Waals surface area contributed by atoms with Gasteiger partial charge in [-0.3, -0.25) is 4.79 Å². The third-order valence-corrected chi connectivity index (χ3v) is 2.51. The van der Waals surface area contributed by atoms with E-state index in [9.17, 15) is 4.79 Å². The largest absolute Gasteiger partial charge is 0.335 e. The number of carbonyl (C=O) groups is 1. The highest BCUT2D eigenvalue weighted by atomic mass is 16.1. The molecule has 0 aromatic carbocycles. The lowest BCUT2D eigenvalue weighted by atomic mass is 10.1. The van der Waals surface area contributed by atoms with Crippen molar-refractivity contribution < 1.29 is 4.79 Å². The third kappa shape index (κ3) is 3.50. The van der Waals surface area contributed by atoms with Gasteiger partial charge in [-0.05, 0) is 6.42 Å². The second-order valence-electron chi connectivity index (χ2n) is 4.13. The van der Waals surface area contributed by atoms with Crippen LogP contribution in [-0.4, -0.2) is 15.3 Å². The molecule has 0 spiro atoms. The predicted molar refractivity (Wildman–Crippen MR) is 60.8 cm³/mol. The van der Waals surface area contributed by atoms with Crippen molar-refractivity contribution in [2.24, 2.45) is 0 Å². The van der Waals surface area contributed by atoms with Gasteiger partial charge >= 0.3 is 0 Å². The molecule has 15 heavy (non-hydrogen) atoms. The molecule has 0 fully saturated rings. The first-order valence-corrected chi connectivity index (χ1v) is 5.67. The van der Waals surface area contributed by atoms with Gasteiger partial charge in [0.15, 0.2) is 0 Å². The van der Waals surface area contributed by atoms with Crippen molar-refractivity contribution in [3.63, 3.8) is 0 Å². The number of imidazole rings is 1. The lowest BCUT2D eigenvalue weighted by Crippen LogP contribution is -2.06. The van der Waals surface area contributed by atoms with E-state index in [-0.39, 0.29) is 0 Å². The second-order valence-corrected chi connectivity index (χ2v) is 4.13. The Kier molecular flexibility index (Phi) is 4.53. The van der Waals surface area contributed by atoms with Crippen LogP contribution >= 0.6 is 0 Å². The minimum absolute atomic E-state index is 0.348. The van der Waals surface area contributed by atoms with Crippen molar-refractivity contribution in [3.05, 3.63) is 18.2 Å². The molecule has 1 rings (SSSR count). The zero-order chi connectivity index (χ0) is 11.3. The fourth-order valence-corrected chi connectivity index (χ4v) is 1.63. The fourth-order valence-electron chi connectivity index (χ4n) is 1.63. The average Bonchev–Trinajstić information content (AvgIpc) is 2.65. The van der Waals surface area contributed by atoms with E-state index in [2.05, 4.69) is 23.4 Å². The van der Waals surface area contributed by atoms with Crippen molar-refractivity contribution in [1.82, 2.24) is 9.55 Å². The minimum atomic E-state index is 0.348. The predicted octanol–water partition coefficient (Wildman–Crippen LogP) is 2.77. The molecule has 1 aromatic rings. The summed E-state index contributed by atoms with van der Waals surface area (Å²) in [5.74, 6) is 1.90. The molecule has 0 aliphatic rings. The van der Waals surface area contributed by atoms with Crippen LogP contribution in [0, 0.1) is 0 Å². The number of hydrogen-bond acceptors (Lipinski definition) is 2. The molecule has 0 bridgehead atoms. The molecule has 3 nitrogen and oxygen atoms in total. The molecular weight excluding hydrogens is 188 g/mol. The summed E-state index contributed by atoms with van der Waals surface area (Å²) in [6.45, 7) is 7.09. The zero-order valence-electron chi connectivity index (χ0n) is 9.86. The standard InChI is InChI=1S/C12H20N2O/c1-4-11(15)6-5-8-14-9-7-13-12(14)10(2)3/h7,9-10H,4-6,8H2,1-3H3. The van der Waals surface area contributed by atoms with Crippen molar-refractivity contribution >= 4 is 5.78 Å². The first-order valence-electron chi connectivity index (χ1n) is 5.67. The molecular formula is C12H20N2O. The van der Waals surface area contributed by atoms with Crippen LogP contribution in [0.25, 0.3) is 0 Å². The summed E-state index contributed by atoms with van der Waals surface area (Å²) in [4.78, 5) is 15.4. The number of aromatic nitrogens is 2. The number of Topliss-reactive ketones (excluding diaryl/α,β-unsaturated/α-hetero) is 1. The Balaban J connectivity index is 2.43. The van der Waals surface area contributed by atoms with Gasteiger partial charge in [0.05, 0.1) is 0 Å². The number of aryl methyl sites for hydroxylation is 1. The van der Waals surface area contributed by atoms with E-state index >= 15 is 0 Å². The van der Waals surface area contributed by atoms with Gasteiger partial charge in [-0.2, -0.15) is 0 Å². The van der Waals surface area contributed by atoms with E-state index in [1.807, 2.05) is 19.3 Å². The van der Waals surface area contributed by atoms with Gasteiger partial charge in [0.2, 0.25) is 0 Å². The van der Waals surface area contributed by atoms with E-state index in [1.54, 1.807) is 0 Å². The normalized spacial score (nSPS) is 10.9. The molecule has 0 unspecified atom stereocenters. The van der Waals surface area contributed by atoms with Crippen LogP contribution in [-0.2, 0) is 11.3 Å². The minimum Gasteiger partial charge on any atom is -0.335 e. The van der Waals surface area contributed by atoms with Gasteiger partial charge in [-0.15, -0.1) is 0 Å². The maximum atomic E-state index is 11.1. The second kappa shape index (κ2) is 5.69. The van der Waals surface area contributed by atoms with Crippen LogP contribution in [0.1, 0.15) is 51.8 Å². The summed E-state index contributed by atoms with van der Waals surface area (Å²) in [5, 5.41) is 0. The summed E-state index contributed by atoms with van der Waals surface area (Å²) in [5.41, 5.74) is 0. The molecule has 0 radical (unpaired) electrons. The van der Waals surface area contributed by atoms with E-state index in [4.69, 9.17) is 0 Å². The van der Waals surface area contributed by atoms with Gasteiger partial charge in [0.1, 0.15) is 11.6 Å². The zero-order valence-corrected chi connectivity index (χ0v) is 9.86. The SMILES string of the molecule is CCC(=O)CCCn1ccnc1C(C)C. The Morgan fingerprint density at radius 3 is 2.87 bits per heavy atom. The van der Waals surface area contributed by atoms with Crippen molar-refractivity contribution in [2.45, 2.75) is 52.5 Å². The summed E-state index contributed by atoms with van der Waals surface area (Å²) in [6.07, 6.45) is 6.08. The maximum absolute atomic E-state index is 11.1. The number of hydrogen-bond donors (Lipinski definition) is 0. The molecule has 0 N–H and O–H groups in total. The average molecular weight is 208 g/mol. The smallest absolute Gasteiger partial charge is 0.132 e. The summed E-state index contributed by atoms with van der Waals surface area (Å²) < 4.78 is 2.15. The number of ketones is 1. The molecule has 0 aliphatic carbocycles. The number of nitrogens with zero attached hydrogens (tertiary/aromatic N) is 2. The Morgan fingerprint density at radius 1 is 1.53 bits per heavy atom. The molecule has 0 atom stereocenters. The molecule has 84 valence electrons. The lowest BCUT2D eigenvalue weighted by molar-refractivity contribution is -0.118. The van der Waals surface area contributed by atoms with E-state index in [0.717, 1.165) is 18.8 Å².